The van der Waals surface area contributed by atoms with Crippen molar-refractivity contribution in [2.75, 3.05) is 0 Å². The second-order valence-electron chi connectivity index (χ2n) is 5.00. The highest BCUT2D eigenvalue weighted by Gasteiger charge is 2.48. The van der Waals surface area contributed by atoms with E-state index in [2.05, 4.69) is 24.8 Å². The molecule has 0 amide bonds. The fraction of sp³-hybridized carbons (Fsp3) is 1.00. The van der Waals surface area contributed by atoms with Gasteiger partial charge < -0.3 is 0 Å². The van der Waals surface area contributed by atoms with Gasteiger partial charge in [-0.2, -0.15) is 0 Å². The second kappa shape index (κ2) is 4.92. The minimum absolute atomic E-state index is 0.246. The Hall–Kier alpha value is 1.72. The van der Waals surface area contributed by atoms with Gasteiger partial charge in [-0.3, -0.25) is 0 Å². The molecule has 4 heteroatoms. The number of hydrogen-bond acceptors (Lipinski definition) is 0. The van der Waals surface area contributed by atoms with Gasteiger partial charge in [-0.25, -0.2) is 0 Å². The molecule has 6 unspecified atom stereocenters. The molecule has 1 spiro atoms. The Kier molecular flexibility index (Phi) is 4.29. The van der Waals surface area contributed by atoms with E-state index < -0.39 is 0 Å². The van der Waals surface area contributed by atoms with Crippen molar-refractivity contribution < 1.29 is 0 Å². The lowest BCUT2D eigenvalue weighted by Gasteiger charge is -2.33. The van der Waals surface area contributed by atoms with Crippen LogP contribution < -0.4 is 0 Å². The lowest BCUT2D eigenvalue weighted by atomic mass is 9.77. The Balaban J connectivity index is 2.06. The van der Waals surface area contributed by atoms with Crippen molar-refractivity contribution in [1.82, 2.24) is 0 Å². The molecule has 2 aliphatic rings. The summed E-state index contributed by atoms with van der Waals surface area (Å²) in [5, 5.41) is 0. The lowest BCUT2D eigenvalue weighted by Crippen LogP contribution is -2.23. The van der Waals surface area contributed by atoms with Crippen molar-refractivity contribution in [3.05, 3.63) is 0 Å². The molecule has 2 aliphatic carbocycles. The van der Waals surface area contributed by atoms with Gasteiger partial charge in [-0.05, 0) is 42.7 Å². The molecule has 82 valence electrons. The largest absolute Gasteiger partial charge is 0.110 e. The zero-order chi connectivity index (χ0) is 10.2. The third-order valence-electron chi connectivity index (χ3n) is 4.59. The third-order valence-corrected chi connectivity index (χ3v) is 16.1. The third kappa shape index (κ3) is 2.07. The maximum absolute atomic E-state index is 3.15. The van der Waals surface area contributed by atoms with E-state index >= 15 is 0 Å². The van der Waals surface area contributed by atoms with Crippen LogP contribution in [0.5, 0.6) is 0 Å². The molecule has 2 rings (SSSR count). The van der Waals surface area contributed by atoms with Crippen LogP contribution in [0.25, 0.3) is 0 Å². The Morgan fingerprint density at radius 3 is 2.50 bits per heavy atom. The number of hydrogen-bond donors (Lipinski definition) is 0. The van der Waals surface area contributed by atoms with Crippen LogP contribution >= 0.6 is 33.1 Å². The molecule has 14 heavy (non-hydrogen) atoms. The fourth-order valence-electron chi connectivity index (χ4n) is 3.58. The molecule has 0 heterocycles. The molecule has 0 radical (unpaired) electrons. The zero-order valence-corrected chi connectivity index (χ0v) is 13.2. The van der Waals surface area contributed by atoms with E-state index in [9.17, 15) is 0 Å². The van der Waals surface area contributed by atoms with E-state index in [1.165, 1.54) is 19.3 Å². The normalized spacial score (nSPS) is 38.8. The van der Waals surface area contributed by atoms with E-state index in [4.69, 9.17) is 0 Å². The molecular formula is C10H22P4. The average Bonchev–Trinajstić information content (AvgIpc) is 2.78. The summed E-state index contributed by atoms with van der Waals surface area (Å²) in [6.07, 6.45) is 9.17. The summed E-state index contributed by atoms with van der Waals surface area (Å²) in [7, 11) is 7.46. The maximum atomic E-state index is 3.15. The van der Waals surface area contributed by atoms with Gasteiger partial charge in [0, 0.05) is 0 Å². The standard InChI is InChI=1S/C10H22P4/c1-8-9(14(12)13-11)4-7-10(8)5-2-3-6-10/h8-9,13H,2-7,11-12H2,1H3. The van der Waals surface area contributed by atoms with Gasteiger partial charge in [-0.1, -0.05) is 35.0 Å². The molecule has 0 N–H and O–H groups in total. The molecule has 0 aliphatic heterocycles. The minimum atomic E-state index is 0.246. The Morgan fingerprint density at radius 1 is 1.29 bits per heavy atom. The van der Waals surface area contributed by atoms with Gasteiger partial charge in [0.05, 0.1) is 0 Å². The molecule has 0 aromatic heterocycles. The van der Waals surface area contributed by atoms with Crippen LogP contribution in [0.2, 0.25) is 0 Å². The van der Waals surface area contributed by atoms with Crippen molar-refractivity contribution >= 4 is 33.1 Å². The monoisotopic (exact) mass is 266 g/mol. The molecule has 2 saturated carbocycles. The summed E-state index contributed by atoms with van der Waals surface area (Å²) >= 11 is 0. The summed E-state index contributed by atoms with van der Waals surface area (Å²) in [6, 6.07) is 0. The van der Waals surface area contributed by atoms with Crippen LogP contribution in [0.15, 0.2) is 0 Å². The Morgan fingerprint density at radius 2 is 1.93 bits per heavy atom. The smallest absolute Gasteiger partial charge is 0.0105 e. The molecule has 0 nitrogen and oxygen atoms in total. The van der Waals surface area contributed by atoms with Crippen LogP contribution in [0.1, 0.15) is 45.4 Å². The van der Waals surface area contributed by atoms with E-state index in [0.717, 1.165) is 24.9 Å². The van der Waals surface area contributed by atoms with Crippen molar-refractivity contribution in [3.8, 4) is 0 Å². The van der Waals surface area contributed by atoms with E-state index in [1.54, 1.807) is 19.3 Å². The maximum Gasteiger partial charge on any atom is -0.0105 e. The van der Waals surface area contributed by atoms with Crippen molar-refractivity contribution in [2.24, 2.45) is 11.3 Å². The van der Waals surface area contributed by atoms with Crippen molar-refractivity contribution in [3.63, 3.8) is 0 Å². The first kappa shape index (κ1) is 12.2. The van der Waals surface area contributed by atoms with Crippen LogP contribution in [-0.2, 0) is 0 Å². The summed E-state index contributed by atoms with van der Waals surface area (Å²) in [4.78, 5) is 0. The fourth-order valence-corrected chi connectivity index (χ4v) is 9.56. The van der Waals surface area contributed by atoms with E-state index in [-0.39, 0.29) is 7.30 Å². The molecular weight excluding hydrogens is 244 g/mol. The molecule has 0 bridgehead atoms. The summed E-state index contributed by atoms with van der Waals surface area (Å²) in [6.45, 7) is 2.55. The zero-order valence-electron chi connectivity index (χ0n) is 9.00. The average molecular weight is 266 g/mol. The molecule has 2 fully saturated rings. The Labute approximate surface area is 95.8 Å². The van der Waals surface area contributed by atoms with Crippen molar-refractivity contribution in [2.45, 2.75) is 51.1 Å². The molecule has 0 aromatic carbocycles. The summed E-state index contributed by atoms with van der Waals surface area (Å²) in [5.41, 5.74) is 1.86. The topological polar surface area (TPSA) is 0 Å². The van der Waals surface area contributed by atoms with E-state index in [0.29, 0.717) is 0 Å². The predicted molar refractivity (Wildman–Crippen MR) is 77.7 cm³/mol. The van der Waals surface area contributed by atoms with Crippen LogP contribution in [0.3, 0.4) is 0 Å². The molecule has 6 atom stereocenters. The van der Waals surface area contributed by atoms with Gasteiger partial charge in [0.1, 0.15) is 0 Å². The number of rotatable bonds is 2. The highest BCUT2D eigenvalue weighted by Crippen LogP contribution is 2.75. The summed E-state index contributed by atoms with van der Waals surface area (Å²) in [5.74, 6) is 1.02. The van der Waals surface area contributed by atoms with Crippen LogP contribution in [0.4, 0.5) is 0 Å². The van der Waals surface area contributed by atoms with Crippen LogP contribution in [-0.4, -0.2) is 5.66 Å². The van der Waals surface area contributed by atoms with Gasteiger partial charge in [0.25, 0.3) is 0 Å². The second-order valence-corrected chi connectivity index (χ2v) is 14.6. The van der Waals surface area contributed by atoms with Gasteiger partial charge in [0.15, 0.2) is 0 Å². The lowest BCUT2D eigenvalue weighted by molar-refractivity contribution is 0.226. The van der Waals surface area contributed by atoms with E-state index in [1.807, 2.05) is 0 Å². The summed E-state index contributed by atoms with van der Waals surface area (Å²) < 4.78 is 0. The quantitative estimate of drug-likeness (QED) is 0.617. The first-order chi connectivity index (χ1) is 6.69. The predicted octanol–water partition coefficient (Wildman–Crippen LogP) is 5.00. The highest BCUT2D eigenvalue weighted by molar-refractivity contribution is 8.61. The first-order valence-corrected chi connectivity index (χ1v) is 12.4. The van der Waals surface area contributed by atoms with Crippen LogP contribution in [0, 0.1) is 11.3 Å². The van der Waals surface area contributed by atoms with Gasteiger partial charge >= 0.3 is 0 Å². The van der Waals surface area contributed by atoms with Gasteiger partial charge in [0.2, 0.25) is 0 Å². The molecule has 0 saturated heterocycles. The molecule has 0 aromatic rings. The van der Waals surface area contributed by atoms with Gasteiger partial charge in [-0.15, -0.1) is 17.9 Å². The Bertz CT molecular complexity index is 200. The SMILES string of the molecule is CC1C(P(P)PP)CCC12CCCC2. The highest BCUT2D eigenvalue weighted by atomic mass is 32.6. The minimum Gasteiger partial charge on any atom is -0.110 e. The first-order valence-electron chi connectivity index (χ1n) is 5.70. The van der Waals surface area contributed by atoms with Crippen molar-refractivity contribution in [1.29, 1.82) is 0 Å².